The van der Waals surface area contributed by atoms with Crippen LogP contribution >= 0.6 is 0 Å². The fourth-order valence-corrected chi connectivity index (χ4v) is 3.58. The molecule has 0 saturated carbocycles. The van der Waals surface area contributed by atoms with E-state index in [4.69, 9.17) is 9.47 Å². The average molecular weight is 481 g/mol. The summed E-state index contributed by atoms with van der Waals surface area (Å²) in [5.74, 6) is -0.632. The molecule has 0 rings (SSSR count). The van der Waals surface area contributed by atoms with Crippen LogP contribution in [0.5, 0.6) is 0 Å². The molecule has 0 aromatic rings. The first-order valence-corrected chi connectivity index (χ1v) is 13.9. The van der Waals surface area contributed by atoms with Crippen molar-refractivity contribution in [2.24, 2.45) is 0 Å². The predicted molar refractivity (Wildman–Crippen MR) is 141 cm³/mol. The second-order valence-corrected chi connectivity index (χ2v) is 9.12. The second-order valence-electron chi connectivity index (χ2n) is 9.12. The molecular formula is C29H52O5. The molecule has 0 aliphatic rings. The van der Waals surface area contributed by atoms with Gasteiger partial charge in [-0.1, -0.05) is 95.9 Å². The summed E-state index contributed by atoms with van der Waals surface area (Å²) >= 11 is 0. The third kappa shape index (κ3) is 23.5. The van der Waals surface area contributed by atoms with Crippen LogP contribution in [0.3, 0.4) is 0 Å². The van der Waals surface area contributed by atoms with Gasteiger partial charge in [-0.15, -0.1) is 0 Å². The standard InChI is InChI=1S/C29H52O5/c1-3-5-7-8-9-10-11-12-13-14-15-16-17-18-19-20-22-24-29(32)34-27(25-30)26-33-28(31)23-21-6-4-2/h9-10,12-13,27,30H,3-8,11,14-26H2,1-2H3/b10-9-,13-12-. The van der Waals surface area contributed by atoms with Crippen molar-refractivity contribution >= 4 is 11.9 Å². The lowest BCUT2D eigenvalue weighted by Gasteiger charge is -2.15. The third-order valence-corrected chi connectivity index (χ3v) is 5.75. The van der Waals surface area contributed by atoms with Crippen LogP contribution in [0.25, 0.3) is 0 Å². The van der Waals surface area contributed by atoms with Crippen molar-refractivity contribution in [3.05, 3.63) is 24.3 Å². The minimum Gasteiger partial charge on any atom is -0.462 e. The van der Waals surface area contributed by atoms with Crippen molar-refractivity contribution in [1.29, 1.82) is 0 Å². The Bertz CT molecular complexity index is 527. The van der Waals surface area contributed by atoms with Gasteiger partial charge < -0.3 is 14.6 Å². The highest BCUT2D eigenvalue weighted by atomic mass is 16.6. The lowest BCUT2D eigenvalue weighted by molar-refractivity contribution is -0.161. The zero-order chi connectivity index (χ0) is 25.1. The van der Waals surface area contributed by atoms with Gasteiger partial charge in [-0.05, 0) is 44.9 Å². The topological polar surface area (TPSA) is 72.8 Å². The van der Waals surface area contributed by atoms with Crippen LogP contribution in [0.2, 0.25) is 0 Å². The van der Waals surface area contributed by atoms with Crippen molar-refractivity contribution in [3.63, 3.8) is 0 Å². The summed E-state index contributed by atoms with van der Waals surface area (Å²) < 4.78 is 10.3. The van der Waals surface area contributed by atoms with Crippen LogP contribution in [-0.2, 0) is 19.1 Å². The van der Waals surface area contributed by atoms with E-state index in [-0.39, 0.29) is 25.2 Å². The molecule has 34 heavy (non-hydrogen) atoms. The van der Waals surface area contributed by atoms with E-state index in [1.807, 2.05) is 0 Å². The number of carbonyl (C=O) groups is 2. The summed E-state index contributed by atoms with van der Waals surface area (Å²) in [6.07, 6.45) is 27.2. The van der Waals surface area contributed by atoms with Gasteiger partial charge in [0, 0.05) is 12.8 Å². The summed E-state index contributed by atoms with van der Waals surface area (Å²) in [5, 5.41) is 9.35. The van der Waals surface area contributed by atoms with Crippen molar-refractivity contribution in [2.45, 2.75) is 136 Å². The maximum Gasteiger partial charge on any atom is 0.306 e. The van der Waals surface area contributed by atoms with E-state index in [0.29, 0.717) is 12.8 Å². The average Bonchev–Trinajstić information content (AvgIpc) is 2.83. The molecule has 0 radical (unpaired) electrons. The Kier molecular flexibility index (Phi) is 24.8. The van der Waals surface area contributed by atoms with Gasteiger partial charge in [0.25, 0.3) is 0 Å². The van der Waals surface area contributed by atoms with Crippen LogP contribution in [0, 0.1) is 0 Å². The van der Waals surface area contributed by atoms with Crippen LogP contribution in [-0.4, -0.2) is 36.4 Å². The molecule has 1 N–H and O–H groups in total. The van der Waals surface area contributed by atoms with Crippen LogP contribution in [0.1, 0.15) is 129 Å². The fraction of sp³-hybridized carbons (Fsp3) is 0.793. The summed E-state index contributed by atoms with van der Waals surface area (Å²) in [6.45, 7) is 3.90. The lowest BCUT2D eigenvalue weighted by Crippen LogP contribution is -2.28. The summed E-state index contributed by atoms with van der Waals surface area (Å²) in [4.78, 5) is 23.6. The number of ether oxygens (including phenoxy) is 2. The summed E-state index contributed by atoms with van der Waals surface area (Å²) in [6, 6.07) is 0. The molecule has 0 aromatic carbocycles. The van der Waals surface area contributed by atoms with Gasteiger partial charge in [-0.3, -0.25) is 9.59 Å². The SMILES string of the molecule is CCCCC/C=C\C/C=C\CCCCCCCCCC(=O)OC(CO)COC(=O)CCCCC. The highest BCUT2D eigenvalue weighted by Gasteiger charge is 2.15. The van der Waals surface area contributed by atoms with Gasteiger partial charge >= 0.3 is 11.9 Å². The van der Waals surface area contributed by atoms with E-state index in [2.05, 4.69) is 38.2 Å². The fourth-order valence-electron chi connectivity index (χ4n) is 3.58. The molecule has 1 unspecified atom stereocenters. The maximum absolute atomic E-state index is 11.9. The molecule has 0 fully saturated rings. The van der Waals surface area contributed by atoms with Gasteiger partial charge in [0.2, 0.25) is 0 Å². The molecule has 198 valence electrons. The van der Waals surface area contributed by atoms with Gasteiger partial charge in [0.15, 0.2) is 6.10 Å². The molecule has 5 heteroatoms. The van der Waals surface area contributed by atoms with Gasteiger partial charge in [-0.25, -0.2) is 0 Å². The Morgan fingerprint density at radius 1 is 0.676 bits per heavy atom. The maximum atomic E-state index is 11.9. The molecule has 0 aliphatic carbocycles. The smallest absolute Gasteiger partial charge is 0.306 e. The number of carbonyl (C=O) groups excluding carboxylic acids is 2. The van der Waals surface area contributed by atoms with E-state index in [0.717, 1.165) is 51.4 Å². The number of aliphatic hydroxyl groups is 1. The highest BCUT2D eigenvalue weighted by molar-refractivity contribution is 5.70. The molecular weight excluding hydrogens is 428 g/mol. The monoisotopic (exact) mass is 480 g/mol. The number of esters is 2. The van der Waals surface area contributed by atoms with E-state index in [9.17, 15) is 14.7 Å². The zero-order valence-electron chi connectivity index (χ0n) is 22.1. The molecule has 0 aliphatic heterocycles. The van der Waals surface area contributed by atoms with Gasteiger partial charge in [0.1, 0.15) is 6.61 Å². The van der Waals surface area contributed by atoms with Gasteiger partial charge in [-0.2, -0.15) is 0 Å². The summed E-state index contributed by atoms with van der Waals surface area (Å²) in [7, 11) is 0. The normalized spacial score (nSPS) is 12.4. The van der Waals surface area contributed by atoms with Crippen molar-refractivity contribution < 1.29 is 24.2 Å². The number of allylic oxidation sites excluding steroid dienone is 4. The Morgan fingerprint density at radius 2 is 1.18 bits per heavy atom. The Balaban J connectivity index is 3.55. The Labute approximate surface area is 209 Å². The first-order chi connectivity index (χ1) is 16.6. The molecule has 0 aromatic heterocycles. The number of aliphatic hydroxyl groups excluding tert-OH is 1. The van der Waals surface area contributed by atoms with Crippen molar-refractivity contribution in [3.8, 4) is 0 Å². The molecule has 0 saturated heterocycles. The number of rotatable bonds is 24. The molecule has 0 heterocycles. The first kappa shape index (κ1) is 32.4. The van der Waals surface area contributed by atoms with Crippen LogP contribution < -0.4 is 0 Å². The second kappa shape index (κ2) is 26.0. The van der Waals surface area contributed by atoms with Crippen LogP contribution in [0.15, 0.2) is 24.3 Å². The lowest BCUT2D eigenvalue weighted by atomic mass is 10.1. The number of unbranched alkanes of at least 4 members (excludes halogenated alkanes) is 12. The van der Waals surface area contributed by atoms with E-state index < -0.39 is 6.10 Å². The number of hydrogen-bond acceptors (Lipinski definition) is 5. The van der Waals surface area contributed by atoms with Crippen molar-refractivity contribution in [1.82, 2.24) is 0 Å². The largest absolute Gasteiger partial charge is 0.462 e. The minimum absolute atomic E-state index is 0.0713. The number of hydrogen-bond donors (Lipinski definition) is 1. The molecule has 0 amide bonds. The Morgan fingerprint density at radius 3 is 1.79 bits per heavy atom. The zero-order valence-corrected chi connectivity index (χ0v) is 22.1. The van der Waals surface area contributed by atoms with Crippen molar-refractivity contribution in [2.75, 3.05) is 13.2 Å². The molecule has 0 bridgehead atoms. The Hall–Kier alpha value is -1.62. The third-order valence-electron chi connectivity index (χ3n) is 5.75. The molecule has 1 atom stereocenters. The van der Waals surface area contributed by atoms with E-state index >= 15 is 0 Å². The van der Waals surface area contributed by atoms with Crippen LogP contribution in [0.4, 0.5) is 0 Å². The van der Waals surface area contributed by atoms with E-state index in [1.54, 1.807) is 0 Å². The summed E-state index contributed by atoms with van der Waals surface area (Å²) in [5.41, 5.74) is 0. The minimum atomic E-state index is -0.765. The molecule has 0 spiro atoms. The first-order valence-electron chi connectivity index (χ1n) is 13.9. The quantitative estimate of drug-likeness (QED) is 0.0874. The highest BCUT2D eigenvalue weighted by Crippen LogP contribution is 2.11. The predicted octanol–water partition coefficient (Wildman–Crippen LogP) is 7.61. The van der Waals surface area contributed by atoms with Gasteiger partial charge in [0.05, 0.1) is 6.61 Å². The van der Waals surface area contributed by atoms with E-state index in [1.165, 1.54) is 51.4 Å². The molecule has 5 nitrogen and oxygen atoms in total.